The third-order valence-electron chi connectivity index (χ3n) is 3.88. The van der Waals surface area contributed by atoms with Crippen molar-refractivity contribution in [1.82, 2.24) is 10.2 Å². The first-order chi connectivity index (χ1) is 9.29. The lowest BCUT2D eigenvalue weighted by molar-refractivity contribution is -0.123. The summed E-state index contributed by atoms with van der Waals surface area (Å²) in [5, 5.41) is 2.91. The zero-order chi connectivity index (χ0) is 13.5. The van der Waals surface area contributed by atoms with Crippen LogP contribution >= 0.6 is 0 Å². The summed E-state index contributed by atoms with van der Waals surface area (Å²) in [6.07, 6.45) is 8.05. The highest BCUT2D eigenvalue weighted by Gasteiger charge is 2.21. The van der Waals surface area contributed by atoms with Crippen LogP contribution in [0, 0.1) is 0 Å². The molecule has 1 aromatic heterocycles. The molecule has 0 bridgehead atoms. The van der Waals surface area contributed by atoms with Gasteiger partial charge in [-0.05, 0) is 31.5 Å². The molecular formula is C15H24N2O2. The maximum absolute atomic E-state index is 12.0. The van der Waals surface area contributed by atoms with Crippen LogP contribution in [-0.2, 0) is 11.3 Å². The van der Waals surface area contributed by atoms with Gasteiger partial charge in [-0.25, -0.2) is 0 Å². The summed E-state index contributed by atoms with van der Waals surface area (Å²) in [4.78, 5) is 14.3. The number of nitrogens with one attached hydrogen (secondary N) is 1. The highest BCUT2D eigenvalue weighted by Crippen LogP contribution is 2.22. The fraction of sp³-hybridized carbons (Fsp3) is 0.667. The molecule has 0 spiro atoms. The second-order valence-electron chi connectivity index (χ2n) is 5.21. The molecule has 19 heavy (non-hydrogen) atoms. The van der Waals surface area contributed by atoms with Gasteiger partial charge in [-0.1, -0.05) is 26.2 Å². The van der Waals surface area contributed by atoms with E-state index in [9.17, 15) is 4.79 Å². The van der Waals surface area contributed by atoms with Crippen LogP contribution in [0.3, 0.4) is 0 Å². The summed E-state index contributed by atoms with van der Waals surface area (Å²) in [6.45, 7) is 4.06. The first-order valence-corrected chi connectivity index (χ1v) is 7.32. The smallest absolute Gasteiger partial charge is 0.234 e. The van der Waals surface area contributed by atoms with E-state index in [0.29, 0.717) is 19.1 Å². The van der Waals surface area contributed by atoms with E-state index in [1.54, 1.807) is 6.26 Å². The van der Waals surface area contributed by atoms with Gasteiger partial charge in [0.05, 0.1) is 19.4 Å². The maximum atomic E-state index is 12.0. The van der Waals surface area contributed by atoms with Gasteiger partial charge in [0.2, 0.25) is 5.91 Å². The minimum absolute atomic E-state index is 0.0869. The first kappa shape index (κ1) is 14.1. The van der Waals surface area contributed by atoms with E-state index in [4.69, 9.17) is 4.42 Å². The van der Waals surface area contributed by atoms with E-state index in [2.05, 4.69) is 17.1 Å². The van der Waals surface area contributed by atoms with Crippen molar-refractivity contribution in [3.8, 4) is 0 Å². The van der Waals surface area contributed by atoms with Crippen molar-refractivity contribution in [3.63, 3.8) is 0 Å². The Kier molecular flexibility index (Phi) is 5.45. The molecule has 2 rings (SSSR count). The molecule has 4 nitrogen and oxygen atoms in total. The van der Waals surface area contributed by atoms with E-state index in [0.717, 1.165) is 12.3 Å². The molecule has 0 aliphatic heterocycles. The summed E-state index contributed by atoms with van der Waals surface area (Å²) in [5.74, 6) is 0.887. The van der Waals surface area contributed by atoms with Crippen LogP contribution in [0.4, 0.5) is 0 Å². The molecule has 1 heterocycles. The lowest BCUT2D eigenvalue weighted by Gasteiger charge is -2.32. The number of rotatable bonds is 6. The SMILES string of the molecule is CCN(CC(=O)NCc1ccco1)C1CCCCC1. The molecule has 4 heteroatoms. The first-order valence-electron chi connectivity index (χ1n) is 7.32. The average Bonchev–Trinajstić information content (AvgIpc) is 2.97. The zero-order valence-electron chi connectivity index (χ0n) is 11.7. The Morgan fingerprint density at radius 2 is 2.21 bits per heavy atom. The Labute approximate surface area is 115 Å². The molecule has 1 aromatic rings. The number of furan rings is 1. The fourth-order valence-corrected chi connectivity index (χ4v) is 2.78. The van der Waals surface area contributed by atoms with E-state index >= 15 is 0 Å². The van der Waals surface area contributed by atoms with Crippen LogP contribution in [0.25, 0.3) is 0 Å². The number of amides is 1. The number of nitrogens with zero attached hydrogens (tertiary/aromatic N) is 1. The summed E-state index contributed by atoms with van der Waals surface area (Å²) in [7, 11) is 0. The number of hydrogen-bond donors (Lipinski definition) is 1. The zero-order valence-corrected chi connectivity index (χ0v) is 11.7. The van der Waals surface area contributed by atoms with Gasteiger partial charge in [0, 0.05) is 6.04 Å². The third kappa shape index (κ3) is 4.39. The van der Waals surface area contributed by atoms with Gasteiger partial charge in [0.25, 0.3) is 0 Å². The van der Waals surface area contributed by atoms with E-state index < -0.39 is 0 Å². The van der Waals surface area contributed by atoms with Crippen molar-refractivity contribution >= 4 is 5.91 Å². The minimum atomic E-state index is 0.0869. The number of carbonyl (C=O) groups excluding carboxylic acids is 1. The quantitative estimate of drug-likeness (QED) is 0.859. The van der Waals surface area contributed by atoms with Crippen molar-refractivity contribution in [2.24, 2.45) is 0 Å². The Hall–Kier alpha value is -1.29. The largest absolute Gasteiger partial charge is 0.467 e. The molecule has 1 saturated carbocycles. The van der Waals surface area contributed by atoms with Crippen LogP contribution in [0.1, 0.15) is 44.8 Å². The highest BCUT2D eigenvalue weighted by molar-refractivity contribution is 5.77. The van der Waals surface area contributed by atoms with Gasteiger partial charge in [0.15, 0.2) is 0 Å². The van der Waals surface area contributed by atoms with Crippen molar-refractivity contribution in [2.75, 3.05) is 13.1 Å². The number of likely N-dealkylation sites (N-methyl/N-ethyl adjacent to an activating group) is 1. The predicted octanol–water partition coefficient (Wildman–Crippen LogP) is 2.55. The van der Waals surface area contributed by atoms with Gasteiger partial charge in [0.1, 0.15) is 5.76 Å². The predicted molar refractivity (Wildman–Crippen MR) is 74.7 cm³/mol. The standard InChI is InChI=1S/C15H24N2O2/c1-2-17(13-7-4-3-5-8-13)12-15(18)16-11-14-9-6-10-19-14/h6,9-10,13H,2-5,7-8,11-12H2,1H3,(H,16,18). The van der Waals surface area contributed by atoms with E-state index in [1.165, 1.54) is 32.1 Å². The molecule has 0 radical (unpaired) electrons. The molecule has 0 atom stereocenters. The third-order valence-corrected chi connectivity index (χ3v) is 3.88. The second kappa shape index (κ2) is 7.34. The summed E-state index contributed by atoms with van der Waals surface area (Å²) in [5.41, 5.74) is 0. The number of hydrogen-bond acceptors (Lipinski definition) is 3. The van der Waals surface area contributed by atoms with Gasteiger partial charge >= 0.3 is 0 Å². The van der Waals surface area contributed by atoms with Gasteiger partial charge in [-0.15, -0.1) is 0 Å². The van der Waals surface area contributed by atoms with Crippen LogP contribution in [0.2, 0.25) is 0 Å². The Balaban J connectivity index is 1.75. The lowest BCUT2D eigenvalue weighted by atomic mass is 9.94. The Morgan fingerprint density at radius 3 is 2.84 bits per heavy atom. The summed E-state index contributed by atoms with van der Waals surface area (Å²) < 4.78 is 5.20. The summed E-state index contributed by atoms with van der Waals surface area (Å²) in [6, 6.07) is 4.30. The van der Waals surface area contributed by atoms with E-state index in [1.807, 2.05) is 12.1 Å². The molecule has 106 valence electrons. The topological polar surface area (TPSA) is 45.5 Å². The molecule has 1 aliphatic rings. The fourth-order valence-electron chi connectivity index (χ4n) is 2.78. The molecule has 0 saturated heterocycles. The molecule has 0 unspecified atom stereocenters. The molecule has 0 aromatic carbocycles. The Morgan fingerprint density at radius 1 is 1.42 bits per heavy atom. The normalized spacial score (nSPS) is 16.7. The van der Waals surface area contributed by atoms with E-state index in [-0.39, 0.29) is 5.91 Å². The van der Waals surface area contributed by atoms with Gasteiger partial charge in [-0.3, -0.25) is 9.69 Å². The van der Waals surface area contributed by atoms with Crippen molar-refractivity contribution in [1.29, 1.82) is 0 Å². The average molecular weight is 264 g/mol. The summed E-state index contributed by atoms with van der Waals surface area (Å²) >= 11 is 0. The van der Waals surface area contributed by atoms with Crippen molar-refractivity contribution < 1.29 is 9.21 Å². The second-order valence-corrected chi connectivity index (χ2v) is 5.21. The van der Waals surface area contributed by atoms with Crippen molar-refractivity contribution in [2.45, 2.75) is 51.6 Å². The van der Waals surface area contributed by atoms with Gasteiger partial charge in [-0.2, -0.15) is 0 Å². The minimum Gasteiger partial charge on any atom is -0.467 e. The monoisotopic (exact) mass is 264 g/mol. The molecule has 1 aliphatic carbocycles. The van der Waals surface area contributed by atoms with Crippen LogP contribution in [0.15, 0.2) is 22.8 Å². The molecular weight excluding hydrogens is 240 g/mol. The van der Waals surface area contributed by atoms with Crippen molar-refractivity contribution in [3.05, 3.63) is 24.2 Å². The lowest BCUT2D eigenvalue weighted by Crippen LogP contribution is -2.43. The molecule has 1 N–H and O–H groups in total. The van der Waals surface area contributed by atoms with Gasteiger partial charge < -0.3 is 9.73 Å². The van der Waals surface area contributed by atoms with Crippen LogP contribution < -0.4 is 5.32 Å². The molecule has 1 fully saturated rings. The van der Waals surface area contributed by atoms with Crippen LogP contribution in [0.5, 0.6) is 0 Å². The highest BCUT2D eigenvalue weighted by atomic mass is 16.3. The Bertz CT molecular complexity index is 370. The van der Waals surface area contributed by atoms with Crippen LogP contribution in [-0.4, -0.2) is 29.9 Å². The maximum Gasteiger partial charge on any atom is 0.234 e. The molecule has 1 amide bonds. The number of carbonyl (C=O) groups is 1.